The summed E-state index contributed by atoms with van der Waals surface area (Å²) in [6.07, 6.45) is 10.5. The van der Waals surface area contributed by atoms with Crippen molar-refractivity contribution in [2.24, 2.45) is 23.7 Å². The fourth-order valence-electron chi connectivity index (χ4n) is 5.19. The van der Waals surface area contributed by atoms with E-state index in [-0.39, 0.29) is 12.4 Å². The highest BCUT2D eigenvalue weighted by atomic mass is 35.5. The third-order valence-electron chi connectivity index (χ3n) is 5.66. The predicted molar refractivity (Wildman–Crippen MR) is 72.0 cm³/mol. The number of halogens is 1. The zero-order valence-electron chi connectivity index (χ0n) is 10.6. The first-order chi connectivity index (χ1) is 7.88. The molecule has 0 aromatic carbocycles. The van der Waals surface area contributed by atoms with Gasteiger partial charge in [0.25, 0.3) is 0 Å². The second-order valence-electron chi connectivity index (χ2n) is 6.78. The lowest BCUT2D eigenvalue weighted by Gasteiger charge is -2.55. The highest BCUT2D eigenvalue weighted by molar-refractivity contribution is 5.85. The van der Waals surface area contributed by atoms with Crippen LogP contribution in [-0.4, -0.2) is 24.1 Å². The number of hydrogen-bond donors (Lipinski definition) is 1. The van der Waals surface area contributed by atoms with Gasteiger partial charge < -0.3 is 0 Å². The summed E-state index contributed by atoms with van der Waals surface area (Å²) in [5.74, 6) is 4.27. The Balaban J connectivity index is 0.000000902. The number of rotatable bonds is 2. The van der Waals surface area contributed by atoms with E-state index in [1.54, 1.807) is 32.1 Å². The summed E-state index contributed by atoms with van der Waals surface area (Å²) in [7, 11) is 0. The molecule has 0 radical (unpaired) electrons. The van der Waals surface area contributed by atoms with E-state index in [4.69, 9.17) is 0 Å². The Hall–Kier alpha value is 0.210. The quantitative estimate of drug-likeness (QED) is 0.818. The molecule has 0 unspecified atom stereocenters. The van der Waals surface area contributed by atoms with Crippen molar-refractivity contribution in [2.75, 3.05) is 13.1 Å². The van der Waals surface area contributed by atoms with E-state index >= 15 is 0 Å². The highest BCUT2D eigenvalue weighted by Crippen LogP contribution is 2.53. The Bertz CT molecular complexity index is 247. The van der Waals surface area contributed by atoms with Crippen LogP contribution in [0.15, 0.2) is 0 Å². The number of nitrogens with one attached hydrogen (secondary N) is 1. The van der Waals surface area contributed by atoms with Crippen LogP contribution < -0.4 is 5.43 Å². The van der Waals surface area contributed by atoms with E-state index in [0.717, 1.165) is 29.7 Å². The molecule has 4 aliphatic carbocycles. The van der Waals surface area contributed by atoms with Crippen LogP contribution in [0.5, 0.6) is 0 Å². The largest absolute Gasteiger partial charge is 0.252 e. The van der Waals surface area contributed by atoms with Gasteiger partial charge in [0.2, 0.25) is 0 Å². The van der Waals surface area contributed by atoms with Gasteiger partial charge in [-0.05, 0) is 68.6 Å². The summed E-state index contributed by atoms with van der Waals surface area (Å²) < 4.78 is 0. The Morgan fingerprint density at radius 2 is 1.29 bits per heavy atom. The number of hydrogen-bond acceptors (Lipinski definition) is 2. The maximum atomic E-state index is 3.89. The normalized spacial score (nSPS) is 48.4. The Labute approximate surface area is 111 Å². The lowest BCUT2D eigenvalue weighted by Crippen LogP contribution is -2.58. The van der Waals surface area contributed by atoms with Crippen LogP contribution in [0.25, 0.3) is 0 Å². The van der Waals surface area contributed by atoms with Crippen molar-refractivity contribution in [3.63, 3.8) is 0 Å². The molecule has 5 aliphatic rings. The molecule has 3 heteroatoms. The number of hydrazine groups is 1. The van der Waals surface area contributed by atoms with Gasteiger partial charge in [0, 0.05) is 19.1 Å². The molecular weight excluding hydrogens is 232 g/mol. The molecular formula is C14H25ClN2. The third-order valence-corrected chi connectivity index (χ3v) is 5.66. The van der Waals surface area contributed by atoms with Crippen LogP contribution in [0.3, 0.4) is 0 Å². The molecule has 0 aromatic rings. The average molecular weight is 257 g/mol. The van der Waals surface area contributed by atoms with Crippen molar-refractivity contribution in [1.29, 1.82) is 0 Å². The summed E-state index contributed by atoms with van der Waals surface area (Å²) in [5, 5.41) is 2.52. The monoisotopic (exact) mass is 256 g/mol. The van der Waals surface area contributed by atoms with Crippen molar-refractivity contribution in [2.45, 2.75) is 51.0 Å². The maximum Gasteiger partial charge on any atom is 0.0272 e. The van der Waals surface area contributed by atoms with Gasteiger partial charge in [0.05, 0.1) is 0 Å². The molecule has 2 nitrogen and oxygen atoms in total. The first kappa shape index (κ1) is 12.3. The van der Waals surface area contributed by atoms with Gasteiger partial charge in [-0.25, -0.2) is 5.01 Å². The van der Waals surface area contributed by atoms with Crippen LogP contribution in [0, 0.1) is 23.7 Å². The smallest absolute Gasteiger partial charge is 0.0272 e. The molecule has 5 rings (SSSR count). The maximum absolute atomic E-state index is 3.89. The molecule has 4 saturated carbocycles. The predicted octanol–water partition coefficient (Wildman–Crippen LogP) is 2.83. The van der Waals surface area contributed by atoms with E-state index in [1.165, 1.54) is 25.9 Å². The molecule has 0 aromatic heterocycles. The topological polar surface area (TPSA) is 15.3 Å². The van der Waals surface area contributed by atoms with Gasteiger partial charge in [-0.2, -0.15) is 0 Å². The standard InChI is InChI=1S/C14H24N2.ClH/c1-2-4-16(3-1)15-14-12-6-10-5-11(8-12)9-13(14)7-10;/h10-15H,1-9H2;1H. The molecule has 0 atom stereocenters. The molecule has 4 bridgehead atoms. The van der Waals surface area contributed by atoms with Crippen LogP contribution in [-0.2, 0) is 0 Å². The van der Waals surface area contributed by atoms with Crippen molar-refractivity contribution in [3.05, 3.63) is 0 Å². The SMILES string of the molecule is C1CCN(NC2C3CC4CC(C3)CC2C4)C1.Cl. The van der Waals surface area contributed by atoms with Gasteiger partial charge in [-0.3, -0.25) is 5.43 Å². The van der Waals surface area contributed by atoms with Gasteiger partial charge in [0.1, 0.15) is 0 Å². The number of nitrogens with zero attached hydrogens (tertiary/aromatic N) is 1. The summed E-state index contributed by atoms with van der Waals surface area (Å²) in [4.78, 5) is 0. The van der Waals surface area contributed by atoms with Crippen molar-refractivity contribution < 1.29 is 0 Å². The molecule has 1 heterocycles. The summed E-state index contributed by atoms with van der Waals surface area (Å²) >= 11 is 0. The van der Waals surface area contributed by atoms with Crippen molar-refractivity contribution >= 4 is 12.4 Å². The molecule has 5 fully saturated rings. The molecule has 1 aliphatic heterocycles. The average Bonchev–Trinajstić information content (AvgIpc) is 2.75. The van der Waals surface area contributed by atoms with Crippen LogP contribution >= 0.6 is 12.4 Å². The van der Waals surface area contributed by atoms with Gasteiger partial charge >= 0.3 is 0 Å². The van der Waals surface area contributed by atoms with E-state index in [2.05, 4.69) is 10.4 Å². The van der Waals surface area contributed by atoms with Crippen molar-refractivity contribution in [3.8, 4) is 0 Å². The van der Waals surface area contributed by atoms with E-state index < -0.39 is 0 Å². The zero-order valence-corrected chi connectivity index (χ0v) is 11.4. The van der Waals surface area contributed by atoms with E-state index in [9.17, 15) is 0 Å². The third kappa shape index (κ3) is 2.13. The highest BCUT2D eigenvalue weighted by Gasteiger charge is 2.48. The second kappa shape index (κ2) is 4.71. The van der Waals surface area contributed by atoms with Gasteiger partial charge in [-0.1, -0.05) is 0 Å². The lowest BCUT2D eigenvalue weighted by molar-refractivity contribution is -0.0392. The van der Waals surface area contributed by atoms with Crippen LogP contribution in [0.1, 0.15) is 44.9 Å². The fraction of sp³-hybridized carbons (Fsp3) is 1.00. The minimum absolute atomic E-state index is 0. The van der Waals surface area contributed by atoms with E-state index in [0.29, 0.717) is 0 Å². The summed E-state index contributed by atoms with van der Waals surface area (Å²) in [5.41, 5.74) is 3.89. The lowest BCUT2D eigenvalue weighted by atomic mass is 9.54. The molecule has 1 N–H and O–H groups in total. The first-order valence-electron chi connectivity index (χ1n) is 7.39. The second-order valence-corrected chi connectivity index (χ2v) is 6.78. The zero-order chi connectivity index (χ0) is 10.5. The van der Waals surface area contributed by atoms with Crippen LogP contribution in [0.2, 0.25) is 0 Å². The fourth-order valence-corrected chi connectivity index (χ4v) is 5.19. The van der Waals surface area contributed by atoms with Crippen molar-refractivity contribution in [1.82, 2.24) is 10.4 Å². The molecule has 1 saturated heterocycles. The minimum atomic E-state index is 0. The van der Waals surface area contributed by atoms with Gasteiger partial charge in [-0.15, -0.1) is 12.4 Å². The molecule has 98 valence electrons. The Morgan fingerprint density at radius 1 is 0.765 bits per heavy atom. The Kier molecular flexibility index (Phi) is 3.40. The molecule has 17 heavy (non-hydrogen) atoms. The minimum Gasteiger partial charge on any atom is -0.252 e. The van der Waals surface area contributed by atoms with E-state index in [1.807, 2.05) is 0 Å². The van der Waals surface area contributed by atoms with Crippen LogP contribution in [0.4, 0.5) is 0 Å². The summed E-state index contributed by atoms with van der Waals surface area (Å²) in [6.45, 7) is 2.59. The summed E-state index contributed by atoms with van der Waals surface area (Å²) in [6, 6.07) is 0.853. The molecule has 0 spiro atoms. The molecule has 0 amide bonds. The first-order valence-corrected chi connectivity index (χ1v) is 7.39. The van der Waals surface area contributed by atoms with Gasteiger partial charge in [0.15, 0.2) is 0 Å². The Morgan fingerprint density at radius 3 is 1.82 bits per heavy atom.